The Morgan fingerprint density at radius 3 is 1.76 bits per heavy atom. The van der Waals surface area contributed by atoms with E-state index in [4.69, 9.17) is 5.11 Å². The summed E-state index contributed by atoms with van der Waals surface area (Å²) in [7, 11) is 0. The molecule has 1 aromatic carbocycles. The average Bonchev–Trinajstić information content (AvgIpc) is 2.33. The standard InChI is InChI=1S/C12H10F6O3/c1-2-21-10(11(13,14)15,12(16,17)18)8-5-3-7(4-6-8)9(19)20/h3-6H,2H2,1H3,(H,19,20). The lowest BCUT2D eigenvalue weighted by molar-refractivity contribution is -0.388. The van der Waals surface area contributed by atoms with E-state index >= 15 is 0 Å². The Morgan fingerprint density at radius 1 is 1.05 bits per heavy atom. The second-order valence-electron chi connectivity index (χ2n) is 3.99. The summed E-state index contributed by atoms with van der Waals surface area (Å²) in [5, 5.41) is 8.63. The molecule has 0 saturated carbocycles. The molecule has 0 radical (unpaired) electrons. The molecular formula is C12H10F6O3. The number of aromatic carboxylic acids is 1. The summed E-state index contributed by atoms with van der Waals surface area (Å²) >= 11 is 0. The summed E-state index contributed by atoms with van der Waals surface area (Å²) < 4.78 is 82.3. The van der Waals surface area contributed by atoms with Crippen molar-refractivity contribution in [1.29, 1.82) is 0 Å². The first kappa shape index (κ1) is 17.3. The average molecular weight is 316 g/mol. The Labute approximate surface area is 115 Å². The van der Waals surface area contributed by atoms with Crippen LogP contribution in [0.15, 0.2) is 24.3 Å². The maximum atomic E-state index is 13.0. The van der Waals surface area contributed by atoms with Crippen molar-refractivity contribution in [3.63, 3.8) is 0 Å². The van der Waals surface area contributed by atoms with Crippen molar-refractivity contribution in [2.45, 2.75) is 24.9 Å². The number of carbonyl (C=O) groups is 1. The van der Waals surface area contributed by atoms with Gasteiger partial charge in [0, 0.05) is 12.2 Å². The predicted octanol–water partition coefficient (Wildman–Crippen LogP) is 3.74. The van der Waals surface area contributed by atoms with Crippen LogP contribution >= 0.6 is 0 Å². The maximum Gasteiger partial charge on any atom is 0.430 e. The van der Waals surface area contributed by atoms with Gasteiger partial charge in [-0.25, -0.2) is 4.79 Å². The second-order valence-corrected chi connectivity index (χ2v) is 3.99. The van der Waals surface area contributed by atoms with Crippen molar-refractivity contribution >= 4 is 5.97 Å². The quantitative estimate of drug-likeness (QED) is 0.861. The van der Waals surface area contributed by atoms with Gasteiger partial charge >= 0.3 is 18.3 Å². The third-order valence-electron chi connectivity index (χ3n) is 2.70. The molecule has 0 atom stereocenters. The highest BCUT2D eigenvalue weighted by Gasteiger charge is 2.73. The summed E-state index contributed by atoms with van der Waals surface area (Å²) in [5.41, 5.74) is -6.16. The molecular weight excluding hydrogens is 306 g/mol. The third kappa shape index (κ3) is 2.97. The van der Waals surface area contributed by atoms with Gasteiger partial charge in [0.05, 0.1) is 5.56 Å². The zero-order valence-electron chi connectivity index (χ0n) is 10.5. The molecule has 1 N–H and O–H groups in total. The lowest BCUT2D eigenvalue weighted by Gasteiger charge is -2.37. The summed E-state index contributed by atoms with van der Waals surface area (Å²) in [5.74, 6) is -1.47. The molecule has 118 valence electrons. The summed E-state index contributed by atoms with van der Waals surface area (Å²) in [6, 6.07) is 2.20. The van der Waals surface area contributed by atoms with Crippen LogP contribution in [0, 0.1) is 0 Å². The van der Waals surface area contributed by atoms with Crippen molar-refractivity contribution in [3.05, 3.63) is 35.4 Å². The first-order valence-electron chi connectivity index (χ1n) is 5.58. The third-order valence-corrected chi connectivity index (χ3v) is 2.70. The molecule has 0 bridgehead atoms. The Hall–Kier alpha value is -1.77. The lowest BCUT2D eigenvalue weighted by atomic mass is 9.91. The number of carboxylic acid groups (broad SMARTS) is 1. The molecule has 0 heterocycles. The number of hydrogen-bond acceptors (Lipinski definition) is 2. The zero-order valence-corrected chi connectivity index (χ0v) is 10.5. The normalized spacial score (nSPS) is 13.3. The van der Waals surface area contributed by atoms with Crippen molar-refractivity contribution in [2.75, 3.05) is 6.61 Å². The monoisotopic (exact) mass is 316 g/mol. The molecule has 21 heavy (non-hydrogen) atoms. The van der Waals surface area contributed by atoms with Crippen molar-refractivity contribution in [2.24, 2.45) is 0 Å². The largest absolute Gasteiger partial charge is 0.478 e. The number of halogens is 6. The highest BCUT2D eigenvalue weighted by molar-refractivity contribution is 5.87. The molecule has 0 aliphatic rings. The van der Waals surface area contributed by atoms with Crippen LogP contribution < -0.4 is 0 Å². The van der Waals surface area contributed by atoms with E-state index in [9.17, 15) is 31.1 Å². The smallest absolute Gasteiger partial charge is 0.430 e. The van der Waals surface area contributed by atoms with E-state index in [1.807, 2.05) is 0 Å². The van der Waals surface area contributed by atoms with Gasteiger partial charge in [-0.05, 0) is 19.1 Å². The fourth-order valence-electron chi connectivity index (χ4n) is 1.80. The topological polar surface area (TPSA) is 46.5 Å². The van der Waals surface area contributed by atoms with Crippen LogP contribution in [-0.2, 0) is 10.3 Å². The lowest BCUT2D eigenvalue weighted by Crippen LogP contribution is -2.56. The summed E-state index contributed by atoms with van der Waals surface area (Å²) in [6.07, 6.45) is -11.5. The van der Waals surface area contributed by atoms with Gasteiger partial charge in [0.15, 0.2) is 0 Å². The van der Waals surface area contributed by atoms with Gasteiger partial charge in [0.1, 0.15) is 0 Å². The highest BCUT2D eigenvalue weighted by atomic mass is 19.4. The Bertz CT molecular complexity index is 489. The fourth-order valence-corrected chi connectivity index (χ4v) is 1.80. The SMILES string of the molecule is CCOC(c1ccc(C(=O)O)cc1)(C(F)(F)F)C(F)(F)F. The minimum Gasteiger partial charge on any atom is -0.478 e. The van der Waals surface area contributed by atoms with Crippen LogP contribution in [0.4, 0.5) is 26.3 Å². The van der Waals surface area contributed by atoms with E-state index in [0.29, 0.717) is 24.3 Å². The van der Waals surface area contributed by atoms with Gasteiger partial charge in [-0.15, -0.1) is 0 Å². The number of ether oxygens (including phenoxy) is 1. The molecule has 0 amide bonds. The molecule has 0 aromatic heterocycles. The molecule has 0 aliphatic carbocycles. The van der Waals surface area contributed by atoms with E-state index in [0.717, 1.165) is 6.92 Å². The molecule has 1 aromatic rings. The fraction of sp³-hybridized carbons (Fsp3) is 0.417. The van der Waals surface area contributed by atoms with E-state index in [2.05, 4.69) is 4.74 Å². The number of carboxylic acids is 1. The number of benzene rings is 1. The van der Waals surface area contributed by atoms with E-state index in [1.54, 1.807) is 0 Å². The molecule has 3 nitrogen and oxygen atoms in total. The van der Waals surface area contributed by atoms with Crippen LogP contribution in [0.1, 0.15) is 22.8 Å². The first-order chi connectivity index (χ1) is 9.47. The molecule has 0 unspecified atom stereocenters. The number of rotatable bonds is 4. The van der Waals surface area contributed by atoms with Crippen LogP contribution in [0.5, 0.6) is 0 Å². The molecule has 0 fully saturated rings. The minimum absolute atomic E-state index is 0.437. The summed E-state index contributed by atoms with van der Waals surface area (Å²) in [4.78, 5) is 10.6. The molecule has 9 heteroatoms. The van der Waals surface area contributed by atoms with Crippen molar-refractivity contribution < 1.29 is 41.0 Å². The predicted molar refractivity (Wildman–Crippen MR) is 58.8 cm³/mol. The summed E-state index contributed by atoms with van der Waals surface area (Å²) in [6.45, 7) is 0.164. The van der Waals surface area contributed by atoms with E-state index < -0.39 is 41.7 Å². The van der Waals surface area contributed by atoms with Gasteiger partial charge < -0.3 is 9.84 Å². The van der Waals surface area contributed by atoms with Crippen LogP contribution in [0.2, 0.25) is 0 Å². The van der Waals surface area contributed by atoms with Gasteiger partial charge in [-0.3, -0.25) is 0 Å². The first-order valence-corrected chi connectivity index (χ1v) is 5.58. The van der Waals surface area contributed by atoms with Gasteiger partial charge in [0.25, 0.3) is 5.60 Å². The number of alkyl halides is 6. The van der Waals surface area contributed by atoms with Gasteiger partial charge in [-0.1, -0.05) is 12.1 Å². The van der Waals surface area contributed by atoms with Gasteiger partial charge in [-0.2, -0.15) is 26.3 Å². The molecule has 0 spiro atoms. The zero-order chi connectivity index (χ0) is 16.5. The Kier molecular flexibility index (Phi) is 4.57. The van der Waals surface area contributed by atoms with Crippen LogP contribution in [0.25, 0.3) is 0 Å². The van der Waals surface area contributed by atoms with Crippen molar-refractivity contribution in [3.8, 4) is 0 Å². The molecule has 0 saturated heterocycles. The maximum absolute atomic E-state index is 13.0. The van der Waals surface area contributed by atoms with Crippen LogP contribution in [-0.4, -0.2) is 30.0 Å². The molecule has 0 aliphatic heterocycles. The van der Waals surface area contributed by atoms with Crippen LogP contribution in [0.3, 0.4) is 0 Å². The van der Waals surface area contributed by atoms with E-state index in [1.165, 1.54) is 0 Å². The number of hydrogen-bond donors (Lipinski definition) is 1. The highest BCUT2D eigenvalue weighted by Crippen LogP contribution is 2.52. The van der Waals surface area contributed by atoms with Crippen molar-refractivity contribution in [1.82, 2.24) is 0 Å². The minimum atomic E-state index is -5.76. The van der Waals surface area contributed by atoms with E-state index in [-0.39, 0.29) is 0 Å². The molecule has 1 rings (SSSR count). The van der Waals surface area contributed by atoms with Gasteiger partial charge in [0.2, 0.25) is 0 Å². The Balaban J connectivity index is 3.53. The second kappa shape index (κ2) is 5.55. The Morgan fingerprint density at radius 2 is 1.48 bits per heavy atom.